The Balaban J connectivity index is 2.19. The van der Waals surface area contributed by atoms with Crippen LogP contribution in [-0.2, 0) is 0 Å². The molecule has 2 heterocycles. The predicted octanol–water partition coefficient (Wildman–Crippen LogP) is 1.97. The first-order valence-corrected chi connectivity index (χ1v) is 7.27. The van der Waals surface area contributed by atoms with Crippen molar-refractivity contribution in [2.45, 2.75) is 20.3 Å². The molecular formula is C13H20N4OS. The monoisotopic (exact) mass is 280 g/mol. The molecular weight excluding hydrogens is 260 g/mol. The SMILES string of the molecule is CCN(C)c1nc(N)c(C(=O)N2CCC=C(C)C2)s1. The molecule has 104 valence electrons. The lowest BCUT2D eigenvalue weighted by Gasteiger charge is -2.25. The normalized spacial score (nSPS) is 15.3. The van der Waals surface area contributed by atoms with Crippen LogP contribution in [0.25, 0.3) is 0 Å². The Morgan fingerprint density at radius 3 is 3.00 bits per heavy atom. The second-order valence-corrected chi connectivity index (χ2v) is 5.77. The molecule has 2 rings (SSSR count). The van der Waals surface area contributed by atoms with Crippen LogP contribution in [-0.4, -0.2) is 42.5 Å². The van der Waals surface area contributed by atoms with Gasteiger partial charge in [-0.1, -0.05) is 23.0 Å². The molecule has 0 aliphatic carbocycles. The van der Waals surface area contributed by atoms with E-state index >= 15 is 0 Å². The van der Waals surface area contributed by atoms with Gasteiger partial charge >= 0.3 is 0 Å². The highest BCUT2D eigenvalue weighted by atomic mass is 32.1. The molecule has 6 heteroatoms. The lowest BCUT2D eigenvalue weighted by atomic mass is 10.1. The fourth-order valence-corrected chi connectivity index (χ4v) is 2.98. The third kappa shape index (κ3) is 2.89. The quantitative estimate of drug-likeness (QED) is 0.860. The summed E-state index contributed by atoms with van der Waals surface area (Å²) < 4.78 is 0. The van der Waals surface area contributed by atoms with Crippen LogP contribution in [0.5, 0.6) is 0 Å². The van der Waals surface area contributed by atoms with Gasteiger partial charge in [0.25, 0.3) is 5.91 Å². The van der Waals surface area contributed by atoms with Gasteiger partial charge in [-0.2, -0.15) is 0 Å². The summed E-state index contributed by atoms with van der Waals surface area (Å²) in [5.74, 6) is 0.343. The van der Waals surface area contributed by atoms with Crippen LogP contribution in [0.1, 0.15) is 29.9 Å². The van der Waals surface area contributed by atoms with E-state index in [0.717, 1.165) is 24.6 Å². The third-order valence-corrected chi connectivity index (χ3v) is 4.43. The standard InChI is InChI=1S/C13H20N4OS/c1-4-16(3)13-15-11(14)10(19-13)12(18)17-7-5-6-9(2)8-17/h6H,4-5,7-8,14H2,1-3H3. The van der Waals surface area contributed by atoms with Crippen LogP contribution in [0.3, 0.4) is 0 Å². The van der Waals surface area contributed by atoms with Crippen molar-refractivity contribution < 1.29 is 4.79 Å². The zero-order valence-electron chi connectivity index (χ0n) is 11.6. The number of amides is 1. The molecule has 5 nitrogen and oxygen atoms in total. The maximum Gasteiger partial charge on any atom is 0.268 e. The first-order valence-electron chi connectivity index (χ1n) is 6.45. The van der Waals surface area contributed by atoms with Crippen molar-refractivity contribution in [1.82, 2.24) is 9.88 Å². The Labute approximate surface area is 117 Å². The highest BCUT2D eigenvalue weighted by Crippen LogP contribution is 2.29. The maximum absolute atomic E-state index is 12.5. The zero-order chi connectivity index (χ0) is 14.0. The van der Waals surface area contributed by atoms with E-state index in [9.17, 15) is 4.79 Å². The average Bonchev–Trinajstić information content (AvgIpc) is 2.79. The van der Waals surface area contributed by atoms with E-state index in [1.807, 2.05) is 30.7 Å². The van der Waals surface area contributed by atoms with Gasteiger partial charge in [-0.15, -0.1) is 0 Å². The first kappa shape index (κ1) is 13.9. The first-order chi connectivity index (χ1) is 9.02. The van der Waals surface area contributed by atoms with Gasteiger partial charge in [0.05, 0.1) is 0 Å². The Kier molecular flexibility index (Phi) is 4.09. The number of thiazole rings is 1. The van der Waals surface area contributed by atoms with E-state index < -0.39 is 0 Å². The number of aromatic nitrogens is 1. The minimum absolute atomic E-state index is 0.00166. The Morgan fingerprint density at radius 1 is 1.63 bits per heavy atom. The summed E-state index contributed by atoms with van der Waals surface area (Å²) in [6, 6.07) is 0. The fraction of sp³-hybridized carbons (Fsp3) is 0.538. The molecule has 0 saturated carbocycles. The highest BCUT2D eigenvalue weighted by molar-refractivity contribution is 7.18. The second kappa shape index (κ2) is 5.61. The summed E-state index contributed by atoms with van der Waals surface area (Å²) in [6.07, 6.45) is 3.09. The van der Waals surface area contributed by atoms with Gasteiger partial charge in [0, 0.05) is 26.7 Å². The van der Waals surface area contributed by atoms with Crippen LogP contribution >= 0.6 is 11.3 Å². The topological polar surface area (TPSA) is 62.5 Å². The van der Waals surface area contributed by atoms with E-state index in [4.69, 9.17) is 5.73 Å². The summed E-state index contributed by atoms with van der Waals surface area (Å²) in [5.41, 5.74) is 7.12. The molecule has 1 aromatic heterocycles. The van der Waals surface area contributed by atoms with Crippen molar-refractivity contribution in [2.75, 3.05) is 37.3 Å². The number of hydrogen-bond donors (Lipinski definition) is 1. The minimum Gasteiger partial charge on any atom is -0.382 e. The van der Waals surface area contributed by atoms with Crippen LogP contribution in [0.2, 0.25) is 0 Å². The minimum atomic E-state index is -0.00166. The molecule has 19 heavy (non-hydrogen) atoms. The van der Waals surface area contributed by atoms with Crippen molar-refractivity contribution in [3.63, 3.8) is 0 Å². The number of nitrogen functional groups attached to an aromatic ring is 1. The largest absolute Gasteiger partial charge is 0.382 e. The van der Waals surface area contributed by atoms with Gasteiger partial charge < -0.3 is 15.5 Å². The summed E-state index contributed by atoms with van der Waals surface area (Å²) in [5, 5.41) is 0.799. The summed E-state index contributed by atoms with van der Waals surface area (Å²) in [6.45, 7) is 6.37. The van der Waals surface area contributed by atoms with E-state index in [1.165, 1.54) is 16.9 Å². The van der Waals surface area contributed by atoms with Gasteiger partial charge in [0.1, 0.15) is 10.7 Å². The molecule has 2 N–H and O–H groups in total. The average molecular weight is 280 g/mol. The molecule has 0 saturated heterocycles. The van der Waals surface area contributed by atoms with Crippen molar-refractivity contribution in [1.29, 1.82) is 0 Å². The van der Waals surface area contributed by atoms with Crippen LogP contribution < -0.4 is 10.6 Å². The molecule has 0 unspecified atom stereocenters. The number of carbonyl (C=O) groups is 1. The van der Waals surface area contributed by atoms with Crippen LogP contribution in [0.15, 0.2) is 11.6 Å². The fourth-order valence-electron chi connectivity index (χ4n) is 2.00. The number of carbonyl (C=O) groups excluding carboxylic acids is 1. The Bertz CT molecular complexity index is 509. The molecule has 0 fully saturated rings. The van der Waals surface area contributed by atoms with E-state index in [0.29, 0.717) is 17.2 Å². The maximum atomic E-state index is 12.5. The number of nitrogens with zero attached hydrogens (tertiary/aromatic N) is 3. The Hall–Kier alpha value is -1.56. The molecule has 1 aliphatic rings. The summed E-state index contributed by atoms with van der Waals surface area (Å²) in [4.78, 5) is 21.1. The Morgan fingerprint density at radius 2 is 2.37 bits per heavy atom. The van der Waals surface area contributed by atoms with Crippen molar-refractivity contribution in [3.05, 3.63) is 16.5 Å². The van der Waals surface area contributed by atoms with Crippen molar-refractivity contribution in [3.8, 4) is 0 Å². The molecule has 0 bridgehead atoms. The lowest BCUT2D eigenvalue weighted by molar-refractivity contribution is 0.0771. The summed E-state index contributed by atoms with van der Waals surface area (Å²) in [7, 11) is 1.94. The number of anilines is 2. The number of nitrogens with two attached hydrogens (primary N) is 1. The van der Waals surface area contributed by atoms with Gasteiger partial charge in [-0.3, -0.25) is 4.79 Å². The van der Waals surface area contributed by atoms with E-state index in [-0.39, 0.29) is 5.91 Å². The smallest absolute Gasteiger partial charge is 0.268 e. The van der Waals surface area contributed by atoms with Gasteiger partial charge in [0.2, 0.25) is 0 Å². The molecule has 0 radical (unpaired) electrons. The second-order valence-electron chi connectivity index (χ2n) is 4.79. The summed E-state index contributed by atoms with van der Waals surface area (Å²) >= 11 is 1.37. The molecule has 0 aromatic carbocycles. The zero-order valence-corrected chi connectivity index (χ0v) is 12.5. The number of hydrogen-bond acceptors (Lipinski definition) is 5. The van der Waals surface area contributed by atoms with Crippen molar-refractivity contribution >= 4 is 28.2 Å². The third-order valence-electron chi connectivity index (χ3n) is 3.26. The van der Waals surface area contributed by atoms with Gasteiger partial charge in [-0.05, 0) is 20.3 Å². The van der Waals surface area contributed by atoms with Gasteiger partial charge in [-0.25, -0.2) is 4.98 Å². The van der Waals surface area contributed by atoms with E-state index in [1.54, 1.807) is 0 Å². The molecule has 0 spiro atoms. The molecule has 1 aromatic rings. The number of rotatable bonds is 3. The molecule has 1 amide bonds. The van der Waals surface area contributed by atoms with Crippen molar-refractivity contribution in [2.24, 2.45) is 0 Å². The lowest BCUT2D eigenvalue weighted by Crippen LogP contribution is -2.35. The molecule has 0 atom stereocenters. The van der Waals surface area contributed by atoms with Gasteiger partial charge in [0.15, 0.2) is 5.13 Å². The van der Waals surface area contributed by atoms with E-state index in [2.05, 4.69) is 11.1 Å². The predicted molar refractivity (Wildman–Crippen MR) is 79.7 cm³/mol. The van der Waals surface area contributed by atoms with Crippen LogP contribution in [0, 0.1) is 0 Å². The molecule has 1 aliphatic heterocycles. The highest BCUT2D eigenvalue weighted by Gasteiger charge is 2.24. The van der Waals surface area contributed by atoms with Crippen LogP contribution in [0.4, 0.5) is 10.9 Å².